The van der Waals surface area contributed by atoms with Gasteiger partial charge in [-0.15, -0.1) is 0 Å². The Morgan fingerprint density at radius 3 is 2.54 bits per heavy atom. The van der Waals surface area contributed by atoms with Crippen LogP contribution in [-0.2, 0) is 12.3 Å². The van der Waals surface area contributed by atoms with Gasteiger partial charge in [-0.1, -0.05) is 36.0 Å². The first-order valence-corrected chi connectivity index (χ1v) is 10.0. The molecule has 1 aromatic heterocycles. The van der Waals surface area contributed by atoms with Crippen LogP contribution >= 0.6 is 11.8 Å². The van der Waals surface area contributed by atoms with Gasteiger partial charge in [-0.05, 0) is 36.2 Å². The Balaban J connectivity index is 1.85. The van der Waals surface area contributed by atoms with Crippen LogP contribution in [0.25, 0.3) is 10.9 Å². The second-order valence-electron chi connectivity index (χ2n) is 6.63. The quantitative estimate of drug-likeness (QED) is 0.490. The monoisotopic (exact) mass is 397 g/mol. The molecular weight excluding hydrogens is 374 g/mol. The van der Waals surface area contributed by atoms with Gasteiger partial charge in [-0.2, -0.15) is 0 Å². The number of aromatic nitrogens is 2. The van der Waals surface area contributed by atoms with Gasteiger partial charge in [0.05, 0.1) is 10.9 Å². The first-order chi connectivity index (χ1) is 13.5. The van der Waals surface area contributed by atoms with Crippen molar-refractivity contribution in [2.75, 3.05) is 20.7 Å². The minimum Gasteiger partial charge on any atom is -0.396 e. The number of carbonyl (C=O) groups excluding carboxylic acids is 1. The zero-order chi connectivity index (χ0) is 20.1. The van der Waals surface area contributed by atoms with Crippen molar-refractivity contribution < 1.29 is 9.90 Å². The molecular formula is C21H23N3O3S. The lowest BCUT2D eigenvalue weighted by atomic mass is 10.1. The van der Waals surface area contributed by atoms with E-state index in [0.29, 0.717) is 40.3 Å². The zero-order valence-electron chi connectivity index (χ0n) is 16.0. The first kappa shape index (κ1) is 20.1. The number of aliphatic hydroxyl groups is 1. The summed E-state index contributed by atoms with van der Waals surface area (Å²) in [5.74, 6) is 0.591. The lowest BCUT2D eigenvalue weighted by Crippen LogP contribution is -2.24. The maximum atomic E-state index is 12.8. The number of para-hydroxylation sites is 1. The molecule has 1 N–H and O–H groups in total. The Bertz CT molecular complexity index is 1030. The van der Waals surface area contributed by atoms with E-state index in [2.05, 4.69) is 4.98 Å². The molecule has 0 unspecified atom stereocenters. The van der Waals surface area contributed by atoms with Crippen molar-refractivity contribution >= 4 is 28.6 Å². The molecule has 3 rings (SSSR count). The van der Waals surface area contributed by atoms with Gasteiger partial charge in [0.15, 0.2) is 5.16 Å². The van der Waals surface area contributed by atoms with Gasteiger partial charge in [-0.3, -0.25) is 14.2 Å². The van der Waals surface area contributed by atoms with Crippen LogP contribution < -0.4 is 5.56 Å². The Morgan fingerprint density at radius 1 is 1.14 bits per heavy atom. The lowest BCUT2D eigenvalue weighted by Gasteiger charge is -2.13. The molecule has 0 aliphatic rings. The van der Waals surface area contributed by atoms with E-state index in [0.717, 1.165) is 5.56 Å². The highest BCUT2D eigenvalue weighted by atomic mass is 32.2. The number of amides is 1. The third-order valence-corrected chi connectivity index (χ3v) is 5.39. The fourth-order valence-electron chi connectivity index (χ4n) is 2.83. The van der Waals surface area contributed by atoms with Crippen molar-refractivity contribution in [3.63, 3.8) is 0 Å². The Kier molecular flexibility index (Phi) is 6.49. The summed E-state index contributed by atoms with van der Waals surface area (Å²) in [5, 5.41) is 10.4. The van der Waals surface area contributed by atoms with Crippen LogP contribution in [0.1, 0.15) is 22.3 Å². The van der Waals surface area contributed by atoms with Crippen molar-refractivity contribution in [3.05, 3.63) is 70.0 Å². The summed E-state index contributed by atoms with van der Waals surface area (Å²) in [6, 6.07) is 14.7. The van der Waals surface area contributed by atoms with Gasteiger partial charge in [0.25, 0.3) is 11.5 Å². The Labute approximate surface area is 167 Å². The maximum absolute atomic E-state index is 12.8. The smallest absolute Gasteiger partial charge is 0.262 e. The predicted octanol–water partition coefficient (Wildman–Crippen LogP) is 2.77. The third kappa shape index (κ3) is 4.43. The lowest BCUT2D eigenvalue weighted by molar-refractivity contribution is 0.0827. The van der Waals surface area contributed by atoms with E-state index in [1.807, 2.05) is 42.5 Å². The first-order valence-electron chi connectivity index (χ1n) is 9.05. The summed E-state index contributed by atoms with van der Waals surface area (Å²) >= 11 is 1.48. The van der Waals surface area contributed by atoms with Crippen molar-refractivity contribution in [1.29, 1.82) is 0 Å². The van der Waals surface area contributed by atoms with Gasteiger partial charge < -0.3 is 10.0 Å². The van der Waals surface area contributed by atoms with E-state index in [9.17, 15) is 9.59 Å². The van der Waals surface area contributed by atoms with Crippen LogP contribution in [0, 0.1) is 0 Å². The minimum absolute atomic E-state index is 0.0186. The molecule has 0 saturated heterocycles. The summed E-state index contributed by atoms with van der Waals surface area (Å²) < 4.78 is 1.63. The molecule has 6 nitrogen and oxygen atoms in total. The van der Waals surface area contributed by atoms with Gasteiger partial charge in [0.2, 0.25) is 0 Å². The fourth-order valence-corrected chi connectivity index (χ4v) is 3.81. The highest BCUT2D eigenvalue weighted by molar-refractivity contribution is 7.98. The van der Waals surface area contributed by atoms with E-state index in [4.69, 9.17) is 5.11 Å². The number of hydrogen-bond donors (Lipinski definition) is 1. The summed E-state index contributed by atoms with van der Waals surface area (Å²) in [4.78, 5) is 31.0. The van der Waals surface area contributed by atoms with Gasteiger partial charge in [0.1, 0.15) is 0 Å². The number of rotatable bonds is 7. The average molecular weight is 398 g/mol. The molecule has 0 saturated carbocycles. The number of thioether (sulfide) groups is 1. The standard InChI is InChI=1S/C21H23N3O3S/c1-23(2)19(26)16-10-8-15(9-11-16)14-28-21-22-18-7-4-3-6-17(18)20(27)24(21)12-5-13-25/h3-4,6-11,25H,5,12-14H2,1-2H3. The molecule has 7 heteroatoms. The third-order valence-electron chi connectivity index (χ3n) is 4.34. The maximum Gasteiger partial charge on any atom is 0.262 e. The largest absolute Gasteiger partial charge is 0.396 e. The van der Waals surface area contributed by atoms with E-state index in [1.54, 1.807) is 29.6 Å². The molecule has 1 heterocycles. The van der Waals surface area contributed by atoms with Crippen LogP contribution in [0.3, 0.4) is 0 Å². The molecule has 0 aliphatic carbocycles. The number of fused-ring (bicyclic) bond motifs is 1. The van der Waals surface area contributed by atoms with Crippen molar-refractivity contribution in [3.8, 4) is 0 Å². The normalized spacial score (nSPS) is 11.0. The molecule has 0 bridgehead atoms. The van der Waals surface area contributed by atoms with Gasteiger partial charge in [-0.25, -0.2) is 4.98 Å². The average Bonchev–Trinajstić information content (AvgIpc) is 2.71. The summed E-state index contributed by atoms with van der Waals surface area (Å²) in [5.41, 5.74) is 2.26. The van der Waals surface area contributed by atoms with Gasteiger partial charge in [0, 0.05) is 38.6 Å². The van der Waals surface area contributed by atoms with Crippen LogP contribution in [0.5, 0.6) is 0 Å². The topological polar surface area (TPSA) is 75.4 Å². The number of benzene rings is 2. The Hall–Kier alpha value is -2.64. The zero-order valence-corrected chi connectivity index (χ0v) is 16.8. The second kappa shape index (κ2) is 9.03. The van der Waals surface area contributed by atoms with E-state index in [-0.39, 0.29) is 18.1 Å². The Morgan fingerprint density at radius 2 is 1.86 bits per heavy atom. The highest BCUT2D eigenvalue weighted by Crippen LogP contribution is 2.23. The summed E-state index contributed by atoms with van der Waals surface area (Å²) in [6.07, 6.45) is 0.495. The summed E-state index contributed by atoms with van der Waals surface area (Å²) in [7, 11) is 3.45. The number of carbonyl (C=O) groups is 1. The molecule has 0 atom stereocenters. The molecule has 1 amide bonds. The van der Waals surface area contributed by atoms with E-state index < -0.39 is 0 Å². The van der Waals surface area contributed by atoms with Crippen LogP contribution in [0.2, 0.25) is 0 Å². The van der Waals surface area contributed by atoms with Crippen molar-refractivity contribution in [1.82, 2.24) is 14.5 Å². The molecule has 0 aliphatic heterocycles. The van der Waals surface area contributed by atoms with Gasteiger partial charge >= 0.3 is 0 Å². The van der Waals surface area contributed by atoms with E-state index in [1.165, 1.54) is 11.8 Å². The van der Waals surface area contributed by atoms with Crippen molar-refractivity contribution in [2.24, 2.45) is 0 Å². The van der Waals surface area contributed by atoms with Crippen molar-refractivity contribution in [2.45, 2.75) is 23.9 Å². The molecule has 3 aromatic rings. The number of aliphatic hydroxyl groups excluding tert-OH is 1. The molecule has 28 heavy (non-hydrogen) atoms. The SMILES string of the molecule is CN(C)C(=O)c1ccc(CSc2nc3ccccc3c(=O)n2CCCO)cc1. The van der Waals surface area contributed by atoms with Crippen LogP contribution in [0.15, 0.2) is 58.5 Å². The molecule has 146 valence electrons. The summed E-state index contributed by atoms with van der Waals surface area (Å²) in [6.45, 7) is 0.441. The number of hydrogen-bond acceptors (Lipinski definition) is 5. The number of nitrogens with zero attached hydrogens (tertiary/aromatic N) is 3. The predicted molar refractivity (Wildman–Crippen MR) is 112 cm³/mol. The molecule has 2 aromatic carbocycles. The highest BCUT2D eigenvalue weighted by Gasteiger charge is 2.12. The molecule has 0 radical (unpaired) electrons. The van der Waals surface area contributed by atoms with Crippen LogP contribution in [-0.4, -0.2) is 46.2 Å². The molecule has 0 fully saturated rings. The molecule has 0 spiro atoms. The van der Waals surface area contributed by atoms with Crippen LogP contribution in [0.4, 0.5) is 0 Å². The minimum atomic E-state index is -0.0894. The van der Waals surface area contributed by atoms with E-state index >= 15 is 0 Å². The fraction of sp³-hybridized carbons (Fsp3) is 0.286. The second-order valence-corrected chi connectivity index (χ2v) is 7.57.